The van der Waals surface area contributed by atoms with Gasteiger partial charge in [0.1, 0.15) is 0 Å². The zero-order valence-electron chi connectivity index (χ0n) is 9.82. The van der Waals surface area contributed by atoms with Crippen LogP contribution >= 0.6 is 23.1 Å². The van der Waals surface area contributed by atoms with Crippen molar-refractivity contribution in [1.82, 2.24) is 5.32 Å². The van der Waals surface area contributed by atoms with Crippen molar-refractivity contribution < 1.29 is 0 Å². The summed E-state index contributed by atoms with van der Waals surface area (Å²) in [6.45, 7) is 5.37. The van der Waals surface area contributed by atoms with Gasteiger partial charge < -0.3 is 5.32 Å². The SMILES string of the molecule is CC1(C)CCSC(=NCCc2ccsc2)N1. The Hall–Kier alpha value is -0.480. The predicted molar refractivity (Wildman–Crippen MR) is 74.6 cm³/mol. The standard InChI is InChI=1S/C12H18N2S2/c1-12(2)5-8-16-11(14-12)13-6-3-10-4-7-15-9-10/h4,7,9H,3,5-6,8H2,1-2H3,(H,13,14). The normalized spacial score (nSPS) is 22.0. The second-order valence-electron chi connectivity index (χ2n) is 4.68. The van der Waals surface area contributed by atoms with Crippen LogP contribution in [0, 0.1) is 0 Å². The van der Waals surface area contributed by atoms with E-state index in [9.17, 15) is 0 Å². The van der Waals surface area contributed by atoms with Gasteiger partial charge in [0.05, 0.1) is 0 Å². The molecule has 2 heterocycles. The molecule has 1 aliphatic rings. The fourth-order valence-electron chi connectivity index (χ4n) is 1.60. The van der Waals surface area contributed by atoms with Crippen LogP contribution in [-0.2, 0) is 6.42 Å². The quantitative estimate of drug-likeness (QED) is 0.896. The third kappa shape index (κ3) is 3.52. The predicted octanol–water partition coefficient (Wildman–Crippen LogP) is 3.15. The molecule has 0 aliphatic carbocycles. The molecule has 1 aliphatic heterocycles. The molecular weight excluding hydrogens is 236 g/mol. The van der Waals surface area contributed by atoms with Gasteiger partial charge in [-0.15, -0.1) is 0 Å². The molecule has 16 heavy (non-hydrogen) atoms. The number of hydrogen-bond acceptors (Lipinski definition) is 3. The highest BCUT2D eigenvalue weighted by molar-refractivity contribution is 8.13. The monoisotopic (exact) mass is 254 g/mol. The molecule has 88 valence electrons. The lowest BCUT2D eigenvalue weighted by Crippen LogP contribution is -2.46. The molecule has 0 aromatic carbocycles. The first kappa shape index (κ1) is 12.0. The third-order valence-electron chi connectivity index (χ3n) is 2.65. The van der Waals surface area contributed by atoms with Crippen molar-refractivity contribution in [3.05, 3.63) is 22.4 Å². The number of nitrogens with zero attached hydrogens (tertiary/aromatic N) is 1. The summed E-state index contributed by atoms with van der Waals surface area (Å²) in [6.07, 6.45) is 2.26. The largest absolute Gasteiger partial charge is 0.360 e. The van der Waals surface area contributed by atoms with Crippen molar-refractivity contribution in [1.29, 1.82) is 0 Å². The Labute approximate surface area is 106 Å². The van der Waals surface area contributed by atoms with E-state index in [4.69, 9.17) is 0 Å². The number of hydrogen-bond donors (Lipinski definition) is 1. The van der Waals surface area contributed by atoms with Gasteiger partial charge in [0.25, 0.3) is 0 Å². The van der Waals surface area contributed by atoms with Crippen LogP contribution in [0.3, 0.4) is 0 Å². The molecule has 2 nitrogen and oxygen atoms in total. The Bertz CT molecular complexity index is 355. The van der Waals surface area contributed by atoms with Gasteiger partial charge in [0, 0.05) is 17.8 Å². The highest BCUT2D eigenvalue weighted by atomic mass is 32.2. The molecule has 1 aromatic heterocycles. The molecule has 4 heteroatoms. The van der Waals surface area contributed by atoms with Gasteiger partial charge in [-0.05, 0) is 49.1 Å². The zero-order chi connectivity index (χ0) is 11.4. The zero-order valence-corrected chi connectivity index (χ0v) is 11.5. The first-order chi connectivity index (χ1) is 7.66. The summed E-state index contributed by atoms with van der Waals surface area (Å²) < 4.78 is 0. The van der Waals surface area contributed by atoms with E-state index < -0.39 is 0 Å². The summed E-state index contributed by atoms with van der Waals surface area (Å²) in [7, 11) is 0. The lowest BCUT2D eigenvalue weighted by Gasteiger charge is -2.32. The Morgan fingerprint density at radius 2 is 2.38 bits per heavy atom. The van der Waals surface area contributed by atoms with Gasteiger partial charge in [-0.3, -0.25) is 4.99 Å². The molecule has 0 bridgehead atoms. The molecule has 0 spiro atoms. The number of amidine groups is 1. The second kappa shape index (κ2) is 5.23. The smallest absolute Gasteiger partial charge is 0.156 e. The first-order valence-corrected chi connectivity index (χ1v) is 7.55. The fourth-order valence-corrected chi connectivity index (χ4v) is 3.64. The van der Waals surface area contributed by atoms with Crippen LogP contribution in [0.25, 0.3) is 0 Å². The Balaban J connectivity index is 1.83. The third-order valence-corrected chi connectivity index (χ3v) is 4.29. The minimum Gasteiger partial charge on any atom is -0.360 e. The Morgan fingerprint density at radius 3 is 3.06 bits per heavy atom. The maximum Gasteiger partial charge on any atom is 0.156 e. The maximum atomic E-state index is 4.63. The average Bonchev–Trinajstić information content (AvgIpc) is 2.69. The van der Waals surface area contributed by atoms with E-state index in [1.165, 1.54) is 17.7 Å². The molecule has 0 radical (unpaired) electrons. The molecule has 1 fully saturated rings. The fraction of sp³-hybridized carbons (Fsp3) is 0.583. The van der Waals surface area contributed by atoms with E-state index in [0.29, 0.717) is 0 Å². The van der Waals surface area contributed by atoms with Crippen LogP contribution in [0.2, 0.25) is 0 Å². The van der Waals surface area contributed by atoms with E-state index in [1.54, 1.807) is 11.3 Å². The highest BCUT2D eigenvalue weighted by Crippen LogP contribution is 2.21. The molecule has 0 unspecified atom stereocenters. The number of thioether (sulfide) groups is 1. The summed E-state index contributed by atoms with van der Waals surface area (Å²) in [6, 6.07) is 2.18. The number of nitrogens with one attached hydrogen (secondary N) is 1. The van der Waals surface area contributed by atoms with Crippen LogP contribution in [0.15, 0.2) is 21.8 Å². The second-order valence-corrected chi connectivity index (χ2v) is 6.54. The average molecular weight is 254 g/mol. The molecular formula is C12H18N2S2. The molecule has 2 rings (SSSR count). The van der Waals surface area contributed by atoms with E-state index in [0.717, 1.165) is 18.1 Å². The number of thiophene rings is 1. The summed E-state index contributed by atoms with van der Waals surface area (Å²) in [5, 5.41) is 8.93. The Morgan fingerprint density at radius 1 is 1.50 bits per heavy atom. The summed E-state index contributed by atoms with van der Waals surface area (Å²) >= 11 is 3.60. The lowest BCUT2D eigenvalue weighted by atomic mass is 10.0. The molecule has 1 aromatic rings. The van der Waals surface area contributed by atoms with Crippen LogP contribution < -0.4 is 5.32 Å². The van der Waals surface area contributed by atoms with Gasteiger partial charge >= 0.3 is 0 Å². The van der Waals surface area contributed by atoms with Crippen LogP contribution in [0.4, 0.5) is 0 Å². The minimum atomic E-state index is 0.215. The van der Waals surface area contributed by atoms with E-state index in [2.05, 4.69) is 41.0 Å². The highest BCUT2D eigenvalue weighted by Gasteiger charge is 2.23. The van der Waals surface area contributed by atoms with Gasteiger partial charge in [-0.1, -0.05) is 11.8 Å². The van der Waals surface area contributed by atoms with Gasteiger partial charge in [0.2, 0.25) is 0 Å². The molecule has 0 saturated carbocycles. The van der Waals surface area contributed by atoms with E-state index >= 15 is 0 Å². The summed E-state index contributed by atoms with van der Waals surface area (Å²) in [5.74, 6) is 1.18. The van der Waals surface area contributed by atoms with Crippen molar-refractivity contribution in [2.24, 2.45) is 4.99 Å². The van der Waals surface area contributed by atoms with Crippen LogP contribution in [0.5, 0.6) is 0 Å². The van der Waals surface area contributed by atoms with Gasteiger partial charge in [-0.25, -0.2) is 0 Å². The van der Waals surface area contributed by atoms with Crippen molar-refractivity contribution in [3.8, 4) is 0 Å². The lowest BCUT2D eigenvalue weighted by molar-refractivity contribution is 0.446. The molecule has 1 saturated heterocycles. The van der Waals surface area contributed by atoms with E-state index in [1.807, 2.05) is 11.8 Å². The van der Waals surface area contributed by atoms with Gasteiger partial charge in [0.15, 0.2) is 5.17 Å². The van der Waals surface area contributed by atoms with Crippen LogP contribution in [-0.4, -0.2) is 23.0 Å². The van der Waals surface area contributed by atoms with Crippen molar-refractivity contribution in [3.63, 3.8) is 0 Å². The van der Waals surface area contributed by atoms with Gasteiger partial charge in [-0.2, -0.15) is 11.3 Å². The van der Waals surface area contributed by atoms with Crippen molar-refractivity contribution in [2.75, 3.05) is 12.3 Å². The van der Waals surface area contributed by atoms with Crippen molar-refractivity contribution in [2.45, 2.75) is 32.2 Å². The molecule has 0 atom stereocenters. The number of aliphatic imine (C=N–C) groups is 1. The molecule has 1 N–H and O–H groups in total. The van der Waals surface area contributed by atoms with Crippen molar-refractivity contribution >= 4 is 28.3 Å². The summed E-state index contributed by atoms with van der Waals surface area (Å²) in [5.41, 5.74) is 1.61. The van der Waals surface area contributed by atoms with E-state index in [-0.39, 0.29) is 5.54 Å². The van der Waals surface area contributed by atoms with Crippen LogP contribution in [0.1, 0.15) is 25.8 Å². The Kier molecular flexibility index (Phi) is 3.92. The molecule has 0 amide bonds. The first-order valence-electron chi connectivity index (χ1n) is 5.62. The maximum absolute atomic E-state index is 4.63. The minimum absolute atomic E-state index is 0.215. The topological polar surface area (TPSA) is 24.4 Å². The summed E-state index contributed by atoms with van der Waals surface area (Å²) in [4.78, 5) is 4.63. The number of rotatable bonds is 3.